The number of rotatable bonds is 12. The summed E-state index contributed by atoms with van der Waals surface area (Å²) < 4.78 is 9.73. The molecule has 0 atom stereocenters. The number of carbonyl (C=O) groups is 3. The number of nitrogens with zero attached hydrogens (tertiary/aromatic N) is 1. The molecule has 134 valence electrons. The number of carbonyl (C=O) groups excluding carboxylic acids is 3. The molecule has 0 aliphatic carbocycles. The largest absolute Gasteiger partial charge is 0.465 e. The standard InChI is InChI=1S/C17H31NO5/c1-5-8-9-10-11-12-18(4)15(19)13-14(16(20)22-6-2)17(21)23-7-3/h14H,5-13H2,1-4H3. The van der Waals surface area contributed by atoms with Crippen molar-refractivity contribution in [2.24, 2.45) is 5.92 Å². The Morgan fingerprint density at radius 2 is 1.39 bits per heavy atom. The van der Waals surface area contributed by atoms with Gasteiger partial charge in [-0.1, -0.05) is 32.6 Å². The van der Waals surface area contributed by atoms with E-state index in [9.17, 15) is 14.4 Å². The maximum absolute atomic E-state index is 12.2. The lowest BCUT2D eigenvalue weighted by molar-refractivity contribution is -0.164. The molecule has 0 spiro atoms. The zero-order chi connectivity index (χ0) is 17.7. The summed E-state index contributed by atoms with van der Waals surface area (Å²) in [6.07, 6.45) is 5.33. The van der Waals surface area contributed by atoms with Crippen molar-refractivity contribution in [3.63, 3.8) is 0 Å². The molecule has 0 saturated carbocycles. The Labute approximate surface area is 139 Å². The quantitative estimate of drug-likeness (QED) is 0.312. The van der Waals surface area contributed by atoms with Gasteiger partial charge >= 0.3 is 11.9 Å². The minimum atomic E-state index is -1.18. The monoisotopic (exact) mass is 329 g/mol. The van der Waals surface area contributed by atoms with E-state index in [2.05, 4.69) is 6.92 Å². The topological polar surface area (TPSA) is 72.9 Å². The third-order valence-corrected chi connectivity index (χ3v) is 3.54. The molecular formula is C17H31NO5. The van der Waals surface area contributed by atoms with Gasteiger partial charge in [0.1, 0.15) is 0 Å². The van der Waals surface area contributed by atoms with Crippen LogP contribution in [-0.4, -0.2) is 49.6 Å². The Balaban J connectivity index is 4.45. The molecule has 0 aromatic rings. The lowest BCUT2D eigenvalue weighted by Crippen LogP contribution is -2.36. The average molecular weight is 329 g/mol. The number of amides is 1. The van der Waals surface area contributed by atoms with E-state index in [1.807, 2.05) is 0 Å². The summed E-state index contributed by atoms with van der Waals surface area (Å²) in [7, 11) is 1.69. The normalized spacial score (nSPS) is 10.5. The fourth-order valence-electron chi connectivity index (χ4n) is 2.16. The molecule has 0 aromatic heterocycles. The van der Waals surface area contributed by atoms with E-state index in [4.69, 9.17) is 9.47 Å². The fraction of sp³-hybridized carbons (Fsp3) is 0.824. The summed E-state index contributed by atoms with van der Waals surface area (Å²) in [5.41, 5.74) is 0. The lowest BCUT2D eigenvalue weighted by Gasteiger charge is -2.20. The predicted molar refractivity (Wildman–Crippen MR) is 87.8 cm³/mol. The smallest absolute Gasteiger partial charge is 0.320 e. The number of ether oxygens (including phenoxy) is 2. The maximum atomic E-state index is 12.2. The average Bonchev–Trinajstić information content (AvgIpc) is 2.52. The minimum Gasteiger partial charge on any atom is -0.465 e. The van der Waals surface area contributed by atoms with Crippen LogP contribution in [0.5, 0.6) is 0 Å². The highest BCUT2D eigenvalue weighted by Crippen LogP contribution is 2.12. The fourth-order valence-corrected chi connectivity index (χ4v) is 2.16. The van der Waals surface area contributed by atoms with Crippen molar-refractivity contribution in [3.8, 4) is 0 Å². The molecule has 6 nitrogen and oxygen atoms in total. The molecule has 6 heteroatoms. The van der Waals surface area contributed by atoms with Crippen molar-refractivity contribution in [1.82, 2.24) is 4.90 Å². The first-order valence-corrected chi connectivity index (χ1v) is 8.55. The van der Waals surface area contributed by atoms with Gasteiger partial charge in [-0.3, -0.25) is 14.4 Å². The van der Waals surface area contributed by atoms with Gasteiger partial charge in [0.05, 0.1) is 19.6 Å². The molecule has 0 unspecified atom stereocenters. The van der Waals surface area contributed by atoms with Gasteiger partial charge < -0.3 is 14.4 Å². The van der Waals surface area contributed by atoms with Crippen LogP contribution in [0.4, 0.5) is 0 Å². The van der Waals surface area contributed by atoms with E-state index < -0.39 is 17.9 Å². The highest BCUT2D eigenvalue weighted by molar-refractivity contribution is 5.98. The number of unbranched alkanes of at least 4 members (excludes halogenated alkanes) is 4. The van der Waals surface area contributed by atoms with Crippen LogP contribution in [-0.2, 0) is 23.9 Å². The first kappa shape index (κ1) is 21.4. The summed E-state index contributed by atoms with van der Waals surface area (Å²) >= 11 is 0. The van der Waals surface area contributed by atoms with E-state index in [0.29, 0.717) is 6.54 Å². The van der Waals surface area contributed by atoms with Gasteiger partial charge in [-0.25, -0.2) is 0 Å². The van der Waals surface area contributed by atoms with Crippen molar-refractivity contribution in [2.75, 3.05) is 26.8 Å². The Hall–Kier alpha value is -1.59. The molecule has 1 amide bonds. The van der Waals surface area contributed by atoms with Crippen molar-refractivity contribution in [2.45, 2.75) is 59.3 Å². The highest BCUT2D eigenvalue weighted by Gasteiger charge is 2.32. The van der Waals surface area contributed by atoms with Gasteiger partial charge in [0.25, 0.3) is 0 Å². The molecule has 0 fully saturated rings. The van der Waals surface area contributed by atoms with Crippen molar-refractivity contribution in [3.05, 3.63) is 0 Å². The molecule has 0 radical (unpaired) electrons. The van der Waals surface area contributed by atoms with Gasteiger partial charge in [0.2, 0.25) is 5.91 Å². The second kappa shape index (κ2) is 12.9. The SMILES string of the molecule is CCCCCCCN(C)C(=O)CC(C(=O)OCC)C(=O)OCC. The van der Waals surface area contributed by atoms with Crippen LogP contribution in [0.2, 0.25) is 0 Å². The van der Waals surface area contributed by atoms with E-state index in [-0.39, 0.29) is 25.5 Å². The zero-order valence-corrected chi connectivity index (χ0v) is 14.9. The first-order chi connectivity index (χ1) is 11.0. The van der Waals surface area contributed by atoms with Crippen molar-refractivity contribution < 1.29 is 23.9 Å². The van der Waals surface area contributed by atoms with E-state index in [1.165, 1.54) is 12.8 Å². The van der Waals surface area contributed by atoms with Crippen LogP contribution in [0.1, 0.15) is 59.3 Å². The Morgan fingerprint density at radius 3 is 1.87 bits per heavy atom. The van der Waals surface area contributed by atoms with E-state index >= 15 is 0 Å². The van der Waals surface area contributed by atoms with Crippen LogP contribution in [0.3, 0.4) is 0 Å². The molecule has 0 heterocycles. The van der Waals surface area contributed by atoms with Crippen molar-refractivity contribution in [1.29, 1.82) is 0 Å². The highest BCUT2D eigenvalue weighted by atomic mass is 16.6. The maximum Gasteiger partial charge on any atom is 0.320 e. The summed E-state index contributed by atoms with van der Waals surface area (Å²) in [5.74, 6) is -2.82. The summed E-state index contributed by atoms with van der Waals surface area (Å²) in [6.45, 7) is 6.42. The zero-order valence-electron chi connectivity index (χ0n) is 14.9. The lowest BCUT2D eigenvalue weighted by atomic mass is 10.0. The predicted octanol–water partition coefficient (Wildman–Crippen LogP) is 2.55. The summed E-state index contributed by atoms with van der Waals surface area (Å²) in [5, 5.41) is 0. The molecule has 23 heavy (non-hydrogen) atoms. The van der Waals surface area contributed by atoms with Gasteiger partial charge in [-0.2, -0.15) is 0 Å². The first-order valence-electron chi connectivity index (χ1n) is 8.55. The van der Waals surface area contributed by atoms with Gasteiger partial charge in [0, 0.05) is 13.6 Å². The Kier molecular flexibility index (Phi) is 12.0. The molecule has 0 aliphatic heterocycles. The third-order valence-electron chi connectivity index (χ3n) is 3.54. The molecule has 0 aromatic carbocycles. The van der Waals surface area contributed by atoms with Crippen LogP contribution >= 0.6 is 0 Å². The molecule has 0 rings (SSSR count). The van der Waals surface area contributed by atoms with Gasteiger partial charge in [0.15, 0.2) is 5.92 Å². The second-order valence-corrected chi connectivity index (χ2v) is 5.49. The summed E-state index contributed by atoms with van der Waals surface area (Å²) in [6, 6.07) is 0. The van der Waals surface area contributed by atoms with E-state index in [1.54, 1.807) is 25.8 Å². The number of esters is 2. The summed E-state index contributed by atoms with van der Waals surface area (Å²) in [4.78, 5) is 37.5. The Morgan fingerprint density at radius 1 is 0.870 bits per heavy atom. The number of hydrogen-bond acceptors (Lipinski definition) is 5. The minimum absolute atomic E-state index is 0.163. The molecule has 0 N–H and O–H groups in total. The van der Waals surface area contributed by atoms with Gasteiger partial charge in [-0.05, 0) is 20.3 Å². The Bertz CT molecular complexity index is 352. The number of hydrogen-bond donors (Lipinski definition) is 0. The van der Waals surface area contributed by atoms with Crippen molar-refractivity contribution >= 4 is 17.8 Å². The van der Waals surface area contributed by atoms with Crippen LogP contribution in [0, 0.1) is 5.92 Å². The molecule has 0 bridgehead atoms. The second-order valence-electron chi connectivity index (χ2n) is 5.49. The molecule has 0 aliphatic rings. The molecular weight excluding hydrogens is 298 g/mol. The van der Waals surface area contributed by atoms with Crippen LogP contribution < -0.4 is 0 Å². The van der Waals surface area contributed by atoms with Crippen LogP contribution in [0.25, 0.3) is 0 Å². The van der Waals surface area contributed by atoms with Crippen LogP contribution in [0.15, 0.2) is 0 Å². The third kappa shape index (κ3) is 9.21. The van der Waals surface area contributed by atoms with E-state index in [0.717, 1.165) is 19.3 Å². The van der Waals surface area contributed by atoms with Gasteiger partial charge in [-0.15, -0.1) is 0 Å². The molecule has 0 saturated heterocycles.